The topological polar surface area (TPSA) is 28.7 Å². The van der Waals surface area contributed by atoms with E-state index in [0.717, 1.165) is 5.52 Å². The Hall–Kier alpha value is -1.35. The zero-order valence-electron chi connectivity index (χ0n) is 11.2. The van der Waals surface area contributed by atoms with E-state index in [-0.39, 0.29) is 0 Å². The Labute approximate surface area is 111 Å². The smallest absolute Gasteiger partial charge is 0.101 e. The lowest BCUT2D eigenvalue weighted by molar-refractivity contribution is 0.818. The molecule has 0 aliphatic carbocycles. The van der Waals surface area contributed by atoms with Gasteiger partial charge in [-0.2, -0.15) is 5.10 Å². The Bertz CT molecular complexity index is 704. The van der Waals surface area contributed by atoms with Gasteiger partial charge in [-0.25, -0.2) is 0 Å². The quantitative estimate of drug-likeness (QED) is 0.686. The molecule has 0 spiro atoms. The van der Waals surface area contributed by atoms with Crippen LogP contribution in [0, 0.1) is 0 Å². The first-order chi connectivity index (χ1) is 8.58. The Morgan fingerprint density at radius 3 is 2.50 bits per heavy atom. The largest absolute Gasteiger partial charge is 0.281 e. The number of aromatic amines is 1. The van der Waals surface area contributed by atoms with E-state index >= 15 is 0 Å². The third-order valence-corrected chi connectivity index (χ3v) is 4.82. The van der Waals surface area contributed by atoms with Gasteiger partial charge in [-0.1, -0.05) is 27.7 Å². The summed E-state index contributed by atoms with van der Waals surface area (Å²) in [4.78, 5) is 1.44. The van der Waals surface area contributed by atoms with Crippen LogP contribution in [0.3, 0.4) is 0 Å². The minimum atomic E-state index is 0.482. The lowest BCUT2D eigenvalue weighted by Gasteiger charge is -2.00. The monoisotopic (exact) mass is 258 g/mol. The van der Waals surface area contributed by atoms with Gasteiger partial charge in [0.2, 0.25) is 0 Å². The second kappa shape index (κ2) is 4.09. The number of thiophene rings is 1. The van der Waals surface area contributed by atoms with Gasteiger partial charge in [0.25, 0.3) is 0 Å². The van der Waals surface area contributed by atoms with Crippen LogP contribution in [0.15, 0.2) is 18.2 Å². The van der Waals surface area contributed by atoms with Gasteiger partial charge in [0.1, 0.15) is 5.52 Å². The minimum absolute atomic E-state index is 0.482. The molecule has 1 aromatic carbocycles. The van der Waals surface area contributed by atoms with Crippen molar-refractivity contribution in [3.8, 4) is 0 Å². The number of aromatic nitrogens is 2. The lowest BCUT2D eigenvalue weighted by atomic mass is 10.0. The van der Waals surface area contributed by atoms with E-state index < -0.39 is 0 Å². The van der Waals surface area contributed by atoms with E-state index in [2.05, 4.69) is 56.1 Å². The van der Waals surface area contributed by atoms with Crippen molar-refractivity contribution in [3.05, 3.63) is 28.8 Å². The third-order valence-electron chi connectivity index (χ3n) is 3.42. The molecule has 0 aliphatic rings. The first-order valence-electron chi connectivity index (χ1n) is 6.48. The SMILES string of the molecule is CC(C)c1cc2c(ccc3c(C(C)C)[nH]nc32)s1. The van der Waals surface area contributed by atoms with E-state index in [4.69, 9.17) is 0 Å². The molecule has 3 aromatic rings. The molecule has 0 unspecified atom stereocenters. The van der Waals surface area contributed by atoms with Crippen LogP contribution >= 0.6 is 11.3 Å². The summed E-state index contributed by atoms with van der Waals surface area (Å²) in [5.41, 5.74) is 2.36. The molecule has 94 valence electrons. The summed E-state index contributed by atoms with van der Waals surface area (Å²) in [6.07, 6.45) is 0. The van der Waals surface area contributed by atoms with Gasteiger partial charge in [0.05, 0.1) is 0 Å². The molecule has 2 nitrogen and oxygen atoms in total. The summed E-state index contributed by atoms with van der Waals surface area (Å²) in [5, 5.41) is 10.3. The van der Waals surface area contributed by atoms with Crippen LogP contribution in [-0.4, -0.2) is 10.2 Å². The molecule has 0 amide bonds. The fraction of sp³-hybridized carbons (Fsp3) is 0.400. The van der Waals surface area contributed by atoms with Crippen molar-refractivity contribution in [1.29, 1.82) is 0 Å². The van der Waals surface area contributed by atoms with Crippen molar-refractivity contribution in [2.75, 3.05) is 0 Å². The molecule has 2 aromatic heterocycles. The predicted octanol–water partition coefficient (Wildman–Crippen LogP) is 5.02. The van der Waals surface area contributed by atoms with Crippen molar-refractivity contribution >= 4 is 32.3 Å². The minimum Gasteiger partial charge on any atom is -0.281 e. The molecule has 1 N–H and O–H groups in total. The first kappa shape index (κ1) is 11.7. The molecular weight excluding hydrogens is 240 g/mol. The van der Waals surface area contributed by atoms with Crippen LogP contribution in [0.4, 0.5) is 0 Å². The van der Waals surface area contributed by atoms with Crippen LogP contribution < -0.4 is 0 Å². The average molecular weight is 258 g/mol. The van der Waals surface area contributed by atoms with Gasteiger partial charge in [-0.3, -0.25) is 5.10 Å². The maximum atomic E-state index is 4.52. The highest BCUT2D eigenvalue weighted by Crippen LogP contribution is 2.36. The van der Waals surface area contributed by atoms with Crippen molar-refractivity contribution in [3.63, 3.8) is 0 Å². The molecule has 0 fully saturated rings. The zero-order valence-corrected chi connectivity index (χ0v) is 12.1. The summed E-state index contributed by atoms with van der Waals surface area (Å²) in [5.74, 6) is 1.07. The maximum absolute atomic E-state index is 4.52. The van der Waals surface area contributed by atoms with Crippen molar-refractivity contribution in [2.45, 2.75) is 39.5 Å². The zero-order chi connectivity index (χ0) is 12.9. The van der Waals surface area contributed by atoms with Crippen LogP contribution in [0.2, 0.25) is 0 Å². The third kappa shape index (κ3) is 1.65. The number of hydrogen-bond donors (Lipinski definition) is 1. The van der Waals surface area contributed by atoms with Gasteiger partial charge in [-0.15, -0.1) is 11.3 Å². The van der Waals surface area contributed by atoms with E-state index in [1.807, 2.05) is 11.3 Å². The number of rotatable bonds is 2. The van der Waals surface area contributed by atoms with E-state index in [9.17, 15) is 0 Å². The predicted molar refractivity (Wildman–Crippen MR) is 79.7 cm³/mol. The molecule has 2 heterocycles. The molecule has 0 radical (unpaired) electrons. The van der Waals surface area contributed by atoms with E-state index in [1.165, 1.54) is 26.0 Å². The Morgan fingerprint density at radius 2 is 1.83 bits per heavy atom. The van der Waals surface area contributed by atoms with E-state index in [0.29, 0.717) is 11.8 Å². The molecule has 0 saturated heterocycles. The Balaban J connectivity index is 2.32. The van der Waals surface area contributed by atoms with Gasteiger partial charge < -0.3 is 0 Å². The number of hydrogen-bond acceptors (Lipinski definition) is 2. The fourth-order valence-electron chi connectivity index (χ4n) is 2.36. The highest BCUT2D eigenvalue weighted by Gasteiger charge is 2.14. The highest BCUT2D eigenvalue weighted by molar-refractivity contribution is 7.19. The van der Waals surface area contributed by atoms with Crippen molar-refractivity contribution < 1.29 is 0 Å². The van der Waals surface area contributed by atoms with Gasteiger partial charge >= 0.3 is 0 Å². The summed E-state index contributed by atoms with van der Waals surface area (Å²) in [6, 6.07) is 6.74. The molecule has 0 bridgehead atoms. The molecular formula is C15H18N2S. The van der Waals surface area contributed by atoms with Crippen LogP contribution in [0.5, 0.6) is 0 Å². The maximum Gasteiger partial charge on any atom is 0.101 e. The van der Waals surface area contributed by atoms with Crippen LogP contribution in [0.1, 0.15) is 50.1 Å². The van der Waals surface area contributed by atoms with E-state index in [1.54, 1.807) is 0 Å². The lowest BCUT2D eigenvalue weighted by Crippen LogP contribution is -1.87. The van der Waals surface area contributed by atoms with Crippen molar-refractivity contribution in [2.24, 2.45) is 0 Å². The molecule has 0 aliphatic heterocycles. The van der Waals surface area contributed by atoms with Crippen LogP contribution in [0.25, 0.3) is 21.0 Å². The fourth-order valence-corrected chi connectivity index (χ4v) is 3.42. The number of H-pyrrole nitrogens is 1. The number of nitrogens with zero attached hydrogens (tertiary/aromatic N) is 1. The second-order valence-corrected chi connectivity index (χ2v) is 6.58. The van der Waals surface area contributed by atoms with Gasteiger partial charge in [0, 0.05) is 26.0 Å². The summed E-state index contributed by atoms with van der Waals surface area (Å²) in [7, 11) is 0. The second-order valence-electron chi connectivity index (χ2n) is 5.47. The normalized spacial score (nSPS) is 12.3. The molecule has 0 saturated carbocycles. The molecule has 3 heteroatoms. The highest BCUT2D eigenvalue weighted by atomic mass is 32.1. The Kier molecular flexibility index (Phi) is 2.67. The first-order valence-corrected chi connectivity index (χ1v) is 7.30. The Morgan fingerprint density at radius 1 is 1.06 bits per heavy atom. The summed E-state index contributed by atoms with van der Waals surface area (Å²) in [6.45, 7) is 8.88. The number of nitrogens with one attached hydrogen (secondary N) is 1. The van der Waals surface area contributed by atoms with Gasteiger partial charge in [0.15, 0.2) is 0 Å². The summed E-state index contributed by atoms with van der Waals surface area (Å²) >= 11 is 1.88. The molecule has 18 heavy (non-hydrogen) atoms. The summed E-state index contributed by atoms with van der Waals surface area (Å²) < 4.78 is 1.34. The van der Waals surface area contributed by atoms with Crippen LogP contribution in [-0.2, 0) is 0 Å². The number of fused-ring (bicyclic) bond motifs is 3. The molecule has 3 rings (SSSR count). The molecule has 0 atom stereocenters. The van der Waals surface area contributed by atoms with Gasteiger partial charge in [-0.05, 0) is 30.0 Å². The number of benzene rings is 1. The standard InChI is InChI=1S/C15H18N2S/c1-8(2)13-7-11-12(18-13)6-5-10-14(9(3)4)16-17-15(10)11/h5-9H,1-4H3,(H,16,17). The average Bonchev–Trinajstić information content (AvgIpc) is 2.91. The van der Waals surface area contributed by atoms with Crippen molar-refractivity contribution in [1.82, 2.24) is 10.2 Å².